The Morgan fingerprint density at radius 2 is 1.94 bits per heavy atom. The highest BCUT2D eigenvalue weighted by molar-refractivity contribution is 5.97. The Labute approximate surface area is 198 Å². The molecule has 2 aromatic carbocycles. The fourth-order valence-electron chi connectivity index (χ4n) is 3.03. The maximum absolute atomic E-state index is 13.5. The van der Waals surface area contributed by atoms with Crippen LogP contribution in [0, 0.1) is 29.8 Å². The highest BCUT2D eigenvalue weighted by Crippen LogP contribution is 2.30. The number of ether oxygens (including phenoxy) is 3. The predicted molar refractivity (Wildman–Crippen MR) is 120 cm³/mol. The molecule has 35 heavy (non-hydrogen) atoms. The number of hydrogen-bond donors (Lipinski definition) is 1. The summed E-state index contributed by atoms with van der Waals surface area (Å²) in [5.41, 5.74) is 0.776. The number of amides is 1. The molecule has 1 aromatic heterocycles. The molecule has 0 aliphatic rings. The van der Waals surface area contributed by atoms with Crippen molar-refractivity contribution in [1.82, 2.24) is 5.16 Å². The SMILES string of the molecule is COc1cc(C(=O)OC(C)C(=O)Nc2ccc(F)c([N+](=O)[O-])c2)ccc1OCc1c(C)noc1C. The summed E-state index contributed by atoms with van der Waals surface area (Å²) < 4.78 is 34.8. The minimum absolute atomic E-state index is 0.0209. The van der Waals surface area contributed by atoms with E-state index < -0.39 is 34.4 Å². The van der Waals surface area contributed by atoms with Crippen LogP contribution in [0.5, 0.6) is 11.5 Å². The molecule has 11 nitrogen and oxygen atoms in total. The number of nitrogens with zero attached hydrogens (tertiary/aromatic N) is 2. The molecule has 184 valence electrons. The lowest BCUT2D eigenvalue weighted by Gasteiger charge is -2.15. The van der Waals surface area contributed by atoms with Crippen molar-refractivity contribution < 1.29 is 37.6 Å². The van der Waals surface area contributed by atoms with Gasteiger partial charge in [0.15, 0.2) is 17.6 Å². The topological polar surface area (TPSA) is 143 Å². The van der Waals surface area contributed by atoms with Gasteiger partial charge in [0.05, 0.1) is 28.9 Å². The maximum atomic E-state index is 13.5. The summed E-state index contributed by atoms with van der Waals surface area (Å²) in [6.45, 7) is 5.06. The molecule has 0 saturated heterocycles. The largest absolute Gasteiger partial charge is 0.493 e. The molecule has 1 N–H and O–H groups in total. The van der Waals surface area contributed by atoms with E-state index in [9.17, 15) is 24.1 Å². The van der Waals surface area contributed by atoms with Crippen LogP contribution in [0.25, 0.3) is 0 Å². The molecule has 1 atom stereocenters. The van der Waals surface area contributed by atoms with Gasteiger partial charge in [0.2, 0.25) is 5.82 Å². The second-order valence-corrected chi connectivity index (χ2v) is 7.42. The van der Waals surface area contributed by atoms with E-state index in [0.717, 1.165) is 23.8 Å². The fourth-order valence-corrected chi connectivity index (χ4v) is 3.03. The maximum Gasteiger partial charge on any atom is 0.339 e. The minimum Gasteiger partial charge on any atom is -0.493 e. The standard InChI is InChI=1S/C23H22FN3O8/c1-12-17(13(2)35-26-12)11-33-20-8-5-15(9-21(20)32-4)23(29)34-14(3)22(28)25-16-6-7-18(24)19(10-16)27(30)31/h5-10,14H,11H2,1-4H3,(H,25,28). The second kappa shape index (κ2) is 10.6. The number of aromatic nitrogens is 1. The van der Waals surface area contributed by atoms with Crippen molar-refractivity contribution in [2.24, 2.45) is 0 Å². The monoisotopic (exact) mass is 487 g/mol. The number of benzene rings is 2. The number of nitro benzene ring substituents is 1. The van der Waals surface area contributed by atoms with Gasteiger partial charge in [0.25, 0.3) is 5.91 Å². The van der Waals surface area contributed by atoms with Crippen LogP contribution in [-0.2, 0) is 16.1 Å². The van der Waals surface area contributed by atoms with Crippen LogP contribution in [0.4, 0.5) is 15.8 Å². The Bertz CT molecular complexity index is 1250. The van der Waals surface area contributed by atoms with Gasteiger partial charge in [-0.15, -0.1) is 0 Å². The summed E-state index contributed by atoms with van der Waals surface area (Å²) in [5.74, 6) is -1.35. The fraction of sp³-hybridized carbons (Fsp3) is 0.261. The first kappa shape index (κ1) is 25.1. The Balaban J connectivity index is 1.65. The van der Waals surface area contributed by atoms with Crippen molar-refractivity contribution in [2.45, 2.75) is 33.5 Å². The third-order valence-corrected chi connectivity index (χ3v) is 5.02. The molecule has 0 radical (unpaired) electrons. The van der Waals surface area contributed by atoms with Crippen LogP contribution in [-0.4, -0.2) is 35.2 Å². The number of halogens is 1. The van der Waals surface area contributed by atoms with Crippen LogP contribution in [0.1, 0.15) is 34.3 Å². The average Bonchev–Trinajstić information content (AvgIpc) is 3.15. The summed E-state index contributed by atoms with van der Waals surface area (Å²) in [6.07, 6.45) is -1.26. The van der Waals surface area contributed by atoms with Crippen molar-refractivity contribution in [1.29, 1.82) is 0 Å². The Kier molecular flexibility index (Phi) is 7.64. The van der Waals surface area contributed by atoms with E-state index in [1.807, 2.05) is 0 Å². The summed E-state index contributed by atoms with van der Waals surface area (Å²) in [6, 6.07) is 7.25. The number of nitrogens with one attached hydrogen (secondary N) is 1. The van der Waals surface area contributed by atoms with Gasteiger partial charge in [-0.3, -0.25) is 14.9 Å². The van der Waals surface area contributed by atoms with E-state index >= 15 is 0 Å². The number of carbonyl (C=O) groups excluding carboxylic acids is 2. The van der Waals surface area contributed by atoms with Crippen LogP contribution >= 0.6 is 0 Å². The van der Waals surface area contributed by atoms with Gasteiger partial charge in [-0.25, -0.2) is 4.79 Å². The zero-order valence-electron chi connectivity index (χ0n) is 19.3. The minimum atomic E-state index is -1.26. The molecule has 0 fully saturated rings. The molecule has 3 rings (SSSR count). The lowest BCUT2D eigenvalue weighted by molar-refractivity contribution is -0.387. The summed E-state index contributed by atoms with van der Waals surface area (Å²) in [7, 11) is 1.41. The molecule has 0 bridgehead atoms. The number of aryl methyl sites for hydroxylation is 2. The number of nitro groups is 1. The van der Waals surface area contributed by atoms with Gasteiger partial charge >= 0.3 is 11.7 Å². The third-order valence-electron chi connectivity index (χ3n) is 5.02. The van der Waals surface area contributed by atoms with Gasteiger partial charge in [0.1, 0.15) is 12.4 Å². The summed E-state index contributed by atoms with van der Waals surface area (Å²) in [4.78, 5) is 34.9. The first-order valence-corrected chi connectivity index (χ1v) is 10.3. The van der Waals surface area contributed by atoms with E-state index in [-0.39, 0.29) is 23.6 Å². The van der Waals surface area contributed by atoms with Crippen LogP contribution in [0.2, 0.25) is 0 Å². The molecule has 1 unspecified atom stereocenters. The lowest BCUT2D eigenvalue weighted by Crippen LogP contribution is -2.30. The molecule has 0 aliphatic carbocycles. The number of carbonyl (C=O) groups is 2. The summed E-state index contributed by atoms with van der Waals surface area (Å²) >= 11 is 0. The van der Waals surface area contributed by atoms with E-state index in [1.54, 1.807) is 13.8 Å². The molecule has 0 saturated carbocycles. The van der Waals surface area contributed by atoms with E-state index in [0.29, 0.717) is 17.2 Å². The molecule has 1 amide bonds. The van der Waals surface area contributed by atoms with E-state index in [4.69, 9.17) is 18.7 Å². The normalized spacial score (nSPS) is 11.5. The average molecular weight is 487 g/mol. The lowest BCUT2D eigenvalue weighted by atomic mass is 10.2. The van der Waals surface area contributed by atoms with Crippen molar-refractivity contribution in [3.05, 3.63) is 74.9 Å². The van der Waals surface area contributed by atoms with Crippen molar-refractivity contribution in [2.75, 3.05) is 12.4 Å². The Hall–Kier alpha value is -4.48. The van der Waals surface area contributed by atoms with Crippen molar-refractivity contribution in [3.63, 3.8) is 0 Å². The molecule has 12 heteroatoms. The predicted octanol–water partition coefficient (Wildman–Crippen LogP) is 4.11. The van der Waals surface area contributed by atoms with Crippen LogP contribution in [0.3, 0.4) is 0 Å². The van der Waals surface area contributed by atoms with E-state index in [2.05, 4.69) is 10.5 Å². The van der Waals surface area contributed by atoms with Gasteiger partial charge < -0.3 is 24.1 Å². The molecular formula is C23H22FN3O8. The molecule has 1 heterocycles. The zero-order chi connectivity index (χ0) is 25.7. The summed E-state index contributed by atoms with van der Waals surface area (Å²) in [5, 5.41) is 17.1. The smallest absolute Gasteiger partial charge is 0.339 e. The van der Waals surface area contributed by atoms with Crippen molar-refractivity contribution >= 4 is 23.3 Å². The molecular weight excluding hydrogens is 465 g/mol. The Morgan fingerprint density at radius 3 is 2.57 bits per heavy atom. The number of methoxy groups -OCH3 is 1. The quantitative estimate of drug-likeness (QED) is 0.268. The van der Waals surface area contributed by atoms with Gasteiger partial charge in [-0.2, -0.15) is 4.39 Å². The number of hydrogen-bond acceptors (Lipinski definition) is 9. The highest BCUT2D eigenvalue weighted by atomic mass is 19.1. The van der Waals surface area contributed by atoms with Crippen LogP contribution < -0.4 is 14.8 Å². The van der Waals surface area contributed by atoms with Crippen molar-refractivity contribution in [3.8, 4) is 11.5 Å². The van der Waals surface area contributed by atoms with E-state index in [1.165, 1.54) is 32.2 Å². The Morgan fingerprint density at radius 1 is 1.20 bits per heavy atom. The number of esters is 1. The second-order valence-electron chi connectivity index (χ2n) is 7.42. The first-order valence-electron chi connectivity index (χ1n) is 10.3. The number of anilines is 1. The number of rotatable bonds is 9. The molecule has 3 aromatic rings. The zero-order valence-corrected chi connectivity index (χ0v) is 19.3. The molecule has 0 spiro atoms. The van der Waals surface area contributed by atoms with Crippen LogP contribution in [0.15, 0.2) is 40.9 Å². The first-order chi connectivity index (χ1) is 16.6. The third kappa shape index (κ3) is 5.91. The van der Waals surface area contributed by atoms with Gasteiger partial charge in [-0.1, -0.05) is 5.16 Å². The highest BCUT2D eigenvalue weighted by Gasteiger charge is 2.22. The molecule has 0 aliphatic heterocycles. The van der Waals surface area contributed by atoms with Gasteiger partial charge in [-0.05, 0) is 51.1 Å². The van der Waals surface area contributed by atoms with Gasteiger partial charge in [0, 0.05) is 11.8 Å².